The van der Waals surface area contributed by atoms with E-state index in [2.05, 4.69) is 5.32 Å². The lowest BCUT2D eigenvalue weighted by Crippen LogP contribution is -2.34. The van der Waals surface area contributed by atoms with Gasteiger partial charge in [-0.15, -0.1) is 0 Å². The van der Waals surface area contributed by atoms with Gasteiger partial charge in [-0.05, 0) is 33.2 Å². The molecule has 0 fully saturated rings. The highest BCUT2D eigenvalue weighted by Crippen LogP contribution is 2.19. The monoisotopic (exact) mass is 266 g/mol. The summed E-state index contributed by atoms with van der Waals surface area (Å²) < 4.78 is 10.8. The van der Waals surface area contributed by atoms with Crippen LogP contribution in [0.1, 0.15) is 6.92 Å². The zero-order valence-electron chi connectivity index (χ0n) is 11.8. The Kier molecular flexibility index (Phi) is 6.74. The first-order valence-corrected chi connectivity index (χ1v) is 6.39. The summed E-state index contributed by atoms with van der Waals surface area (Å²) in [4.78, 5) is 13.5. The fraction of sp³-hybridized carbons (Fsp3) is 0.500. The smallest absolute Gasteiger partial charge is 0.257 e. The Morgan fingerprint density at radius 2 is 1.95 bits per heavy atom. The van der Waals surface area contributed by atoms with Crippen molar-refractivity contribution in [2.45, 2.75) is 6.92 Å². The second-order valence-electron chi connectivity index (χ2n) is 4.35. The third-order valence-electron chi connectivity index (χ3n) is 2.37. The van der Waals surface area contributed by atoms with E-state index in [0.29, 0.717) is 18.9 Å². The molecule has 0 aromatic heterocycles. The van der Waals surface area contributed by atoms with Crippen molar-refractivity contribution in [1.29, 1.82) is 0 Å². The van der Waals surface area contributed by atoms with Crippen LogP contribution < -0.4 is 14.8 Å². The first-order valence-electron chi connectivity index (χ1n) is 6.39. The van der Waals surface area contributed by atoms with E-state index >= 15 is 0 Å². The Hall–Kier alpha value is -1.75. The third-order valence-corrected chi connectivity index (χ3v) is 2.37. The van der Waals surface area contributed by atoms with E-state index in [1.165, 1.54) is 0 Å². The van der Waals surface area contributed by atoms with Gasteiger partial charge in [0.15, 0.2) is 6.61 Å². The molecule has 19 heavy (non-hydrogen) atoms. The zero-order chi connectivity index (χ0) is 14.1. The summed E-state index contributed by atoms with van der Waals surface area (Å²) in [7, 11) is 3.92. The predicted octanol–water partition coefficient (Wildman–Crippen LogP) is 1.14. The highest BCUT2D eigenvalue weighted by atomic mass is 16.5. The molecule has 0 aliphatic heterocycles. The molecule has 0 aliphatic rings. The minimum Gasteiger partial charge on any atom is -0.494 e. The van der Waals surface area contributed by atoms with Crippen LogP contribution in [0.4, 0.5) is 0 Å². The molecule has 0 radical (unpaired) electrons. The van der Waals surface area contributed by atoms with Crippen LogP contribution in [0, 0.1) is 0 Å². The number of nitrogens with one attached hydrogen (secondary N) is 1. The van der Waals surface area contributed by atoms with Crippen molar-refractivity contribution < 1.29 is 14.3 Å². The molecule has 0 spiro atoms. The lowest BCUT2D eigenvalue weighted by atomic mass is 10.3. The summed E-state index contributed by atoms with van der Waals surface area (Å²) in [6.07, 6.45) is 0. The summed E-state index contributed by atoms with van der Waals surface area (Å²) in [5.41, 5.74) is 0. The Morgan fingerprint density at radius 1 is 1.26 bits per heavy atom. The van der Waals surface area contributed by atoms with E-state index in [0.717, 1.165) is 12.3 Å². The molecule has 0 heterocycles. The normalized spacial score (nSPS) is 10.3. The van der Waals surface area contributed by atoms with Crippen molar-refractivity contribution in [2.75, 3.05) is 40.4 Å². The number of hydrogen-bond donors (Lipinski definition) is 1. The molecular formula is C14H22N2O3. The molecule has 0 unspecified atom stereocenters. The third kappa shape index (κ3) is 6.67. The lowest BCUT2D eigenvalue weighted by molar-refractivity contribution is -0.123. The molecule has 0 saturated heterocycles. The van der Waals surface area contributed by atoms with E-state index in [-0.39, 0.29) is 12.5 Å². The molecule has 1 aromatic rings. The van der Waals surface area contributed by atoms with Gasteiger partial charge >= 0.3 is 0 Å². The zero-order valence-corrected chi connectivity index (χ0v) is 11.8. The van der Waals surface area contributed by atoms with Crippen molar-refractivity contribution in [3.63, 3.8) is 0 Å². The number of carbonyl (C=O) groups excluding carboxylic acids is 1. The molecule has 1 amide bonds. The lowest BCUT2D eigenvalue weighted by Gasteiger charge is -2.11. The molecule has 0 saturated carbocycles. The van der Waals surface area contributed by atoms with Crippen molar-refractivity contribution in [3.05, 3.63) is 24.3 Å². The van der Waals surface area contributed by atoms with Gasteiger partial charge in [0, 0.05) is 19.2 Å². The predicted molar refractivity (Wildman–Crippen MR) is 74.7 cm³/mol. The molecule has 5 nitrogen and oxygen atoms in total. The summed E-state index contributed by atoms with van der Waals surface area (Å²) in [5, 5.41) is 2.79. The van der Waals surface area contributed by atoms with Crippen molar-refractivity contribution >= 4 is 5.91 Å². The van der Waals surface area contributed by atoms with E-state index in [4.69, 9.17) is 9.47 Å². The molecule has 1 rings (SSSR count). The number of ether oxygens (including phenoxy) is 2. The fourth-order valence-electron chi connectivity index (χ4n) is 1.44. The van der Waals surface area contributed by atoms with Gasteiger partial charge in [0.05, 0.1) is 6.61 Å². The second-order valence-corrected chi connectivity index (χ2v) is 4.35. The van der Waals surface area contributed by atoms with Gasteiger partial charge in [0.25, 0.3) is 5.91 Å². The number of amides is 1. The minimum absolute atomic E-state index is 0.0169. The Balaban J connectivity index is 2.31. The van der Waals surface area contributed by atoms with Gasteiger partial charge in [-0.3, -0.25) is 4.79 Å². The first kappa shape index (κ1) is 15.3. The molecule has 0 aliphatic carbocycles. The average molecular weight is 266 g/mol. The topological polar surface area (TPSA) is 50.8 Å². The van der Waals surface area contributed by atoms with Gasteiger partial charge in [0.1, 0.15) is 11.5 Å². The number of nitrogens with zero attached hydrogens (tertiary/aromatic N) is 1. The van der Waals surface area contributed by atoms with Gasteiger partial charge in [-0.25, -0.2) is 0 Å². The summed E-state index contributed by atoms with van der Waals surface area (Å²) in [5.74, 6) is 1.25. The van der Waals surface area contributed by atoms with E-state index in [1.54, 1.807) is 12.1 Å². The molecule has 0 bridgehead atoms. The molecular weight excluding hydrogens is 244 g/mol. The summed E-state index contributed by atoms with van der Waals surface area (Å²) >= 11 is 0. The second kappa shape index (κ2) is 8.37. The minimum atomic E-state index is -0.122. The SMILES string of the molecule is CCOc1cccc(OCC(=O)NCCN(C)C)c1. The summed E-state index contributed by atoms with van der Waals surface area (Å²) in [6, 6.07) is 7.27. The summed E-state index contributed by atoms with van der Waals surface area (Å²) in [6.45, 7) is 3.98. The van der Waals surface area contributed by atoms with Gasteiger partial charge in [0.2, 0.25) is 0 Å². The Labute approximate surface area is 114 Å². The van der Waals surface area contributed by atoms with E-state index < -0.39 is 0 Å². The maximum absolute atomic E-state index is 11.5. The number of rotatable bonds is 8. The highest BCUT2D eigenvalue weighted by Gasteiger charge is 2.03. The maximum atomic E-state index is 11.5. The fourth-order valence-corrected chi connectivity index (χ4v) is 1.44. The molecule has 1 aromatic carbocycles. The van der Waals surface area contributed by atoms with Crippen LogP contribution in [-0.4, -0.2) is 51.2 Å². The van der Waals surface area contributed by atoms with Crippen molar-refractivity contribution in [2.24, 2.45) is 0 Å². The van der Waals surface area contributed by atoms with Crippen LogP contribution in [0.5, 0.6) is 11.5 Å². The van der Waals surface area contributed by atoms with Crippen LogP contribution in [0.3, 0.4) is 0 Å². The average Bonchev–Trinajstić information content (AvgIpc) is 2.37. The Bertz CT molecular complexity index is 394. The molecule has 0 atom stereocenters. The van der Waals surface area contributed by atoms with Crippen LogP contribution in [-0.2, 0) is 4.79 Å². The molecule has 106 valence electrons. The number of hydrogen-bond acceptors (Lipinski definition) is 4. The van der Waals surface area contributed by atoms with Crippen LogP contribution >= 0.6 is 0 Å². The van der Waals surface area contributed by atoms with Crippen LogP contribution in [0.25, 0.3) is 0 Å². The van der Waals surface area contributed by atoms with Gasteiger partial charge in [-0.2, -0.15) is 0 Å². The highest BCUT2D eigenvalue weighted by molar-refractivity contribution is 5.77. The first-order chi connectivity index (χ1) is 9.11. The number of carbonyl (C=O) groups is 1. The van der Waals surface area contributed by atoms with Crippen LogP contribution in [0.15, 0.2) is 24.3 Å². The van der Waals surface area contributed by atoms with Crippen molar-refractivity contribution in [3.8, 4) is 11.5 Å². The maximum Gasteiger partial charge on any atom is 0.257 e. The number of likely N-dealkylation sites (N-methyl/N-ethyl adjacent to an activating group) is 1. The quantitative estimate of drug-likeness (QED) is 0.766. The van der Waals surface area contributed by atoms with Crippen molar-refractivity contribution in [1.82, 2.24) is 10.2 Å². The Morgan fingerprint density at radius 3 is 2.58 bits per heavy atom. The number of benzene rings is 1. The van der Waals surface area contributed by atoms with E-state index in [9.17, 15) is 4.79 Å². The van der Waals surface area contributed by atoms with Crippen LogP contribution in [0.2, 0.25) is 0 Å². The standard InChI is InChI=1S/C14H22N2O3/c1-4-18-12-6-5-7-13(10-12)19-11-14(17)15-8-9-16(2)3/h5-7,10H,4,8-9,11H2,1-3H3,(H,15,17). The molecule has 5 heteroatoms. The largest absolute Gasteiger partial charge is 0.494 e. The van der Waals surface area contributed by atoms with Gasteiger partial charge in [-0.1, -0.05) is 6.07 Å². The molecule has 1 N–H and O–H groups in total. The van der Waals surface area contributed by atoms with E-state index in [1.807, 2.05) is 38.1 Å². The van der Waals surface area contributed by atoms with Gasteiger partial charge < -0.3 is 19.7 Å².